The fourth-order valence-electron chi connectivity index (χ4n) is 2.48. The van der Waals surface area contributed by atoms with E-state index < -0.39 is 12.2 Å². The van der Waals surface area contributed by atoms with Crippen molar-refractivity contribution in [2.75, 3.05) is 13.4 Å². The van der Waals surface area contributed by atoms with Crippen molar-refractivity contribution in [1.82, 2.24) is 14.9 Å². The van der Waals surface area contributed by atoms with Gasteiger partial charge < -0.3 is 9.47 Å². The monoisotopic (exact) mass is 438 g/mol. The quantitative estimate of drug-likeness (QED) is 0.363. The smallest absolute Gasteiger partial charge is 0.299 e. The molecule has 152 valence electrons. The van der Waals surface area contributed by atoms with Crippen molar-refractivity contribution in [3.63, 3.8) is 0 Å². The van der Waals surface area contributed by atoms with Crippen LogP contribution in [0.2, 0.25) is 5.02 Å². The average Bonchev–Trinajstić information content (AvgIpc) is 3.14. The minimum Gasteiger partial charge on any atom is -0.496 e. The van der Waals surface area contributed by atoms with Crippen LogP contribution in [-0.4, -0.2) is 34.5 Å². The van der Waals surface area contributed by atoms with Crippen LogP contribution >= 0.6 is 23.4 Å². The largest absolute Gasteiger partial charge is 0.496 e. The number of methoxy groups -OCH3 is 1. The molecule has 0 bridgehead atoms. The summed E-state index contributed by atoms with van der Waals surface area (Å²) < 4.78 is 38.4. The number of benzene rings is 2. The van der Waals surface area contributed by atoms with E-state index in [-0.39, 0.29) is 11.8 Å². The molecule has 0 spiro atoms. The second-order valence-electron chi connectivity index (χ2n) is 5.72. The number of aromatic nitrogens is 3. The molecule has 0 atom stereocenters. The molecule has 3 rings (SSSR count). The Morgan fingerprint density at radius 3 is 2.76 bits per heavy atom. The first-order valence-corrected chi connectivity index (χ1v) is 9.99. The lowest BCUT2D eigenvalue weighted by Gasteiger charge is -2.11. The lowest BCUT2D eigenvalue weighted by Crippen LogP contribution is -2.02. The van der Waals surface area contributed by atoms with Crippen molar-refractivity contribution in [3.8, 4) is 11.5 Å². The topological polar surface area (TPSA) is 61.5 Å². The molecule has 0 amide bonds. The molecule has 0 saturated carbocycles. The van der Waals surface area contributed by atoms with E-state index in [0.29, 0.717) is 22.1 Å². The third-order valence-corrected chi connectivity index (χ3v) is 4.69. The molecule has 0 radical (unpaired) electrons. The highest BCUT2D eigenvalue weighted by atomic mass is 35.5. The van der Waals surface area contributed by atoms with Gasteiger partial charge in [-0.25, -0.2) is 8.78 Å². The second-order valence-corrected chi connectivity index (χ2v) is 6.93. The molecule has 0 aliphatic carbocycles. The van der Waals surface area contributed by atoms with E-state index in [4.69, 9.17) is 21.1 Å². The number of hydrogen-bond donors (Lipinski definition) is 0. The molecule has 0 N–H and O–H groups in total. The highest BCUT2D eigenvalue weighted by Crippen LogP contribution is 2.24. The Labute approximate surface area is 175 Å². The van der Waals surface area contributed by atoms with Gasteiger partial charge in [0.25, 0.3) is 6.43 Å². The Bertz CT molecular complexity index is 1010. The first kappa shape index (κ1) is 21.1. The highest BCUT2D eigenvalue weighted by Gasteiger charge is 2.19. The van der Waals surface area contributed by atoms with Gasteiger partial charge in [-0.2, -0.15) is 9.78 Å². The van der Waals surface area contributed by atoms with E-state index in [2.05, 4.69) is 15.3 Å². The number of alkyl halides is 2. The van der Waals surface area contributed by atoms with Gasteiger partial charge in [-0.3, -0.25) is 0 Å². The van der Waals surface area contributed by atoms with Gasteiger partial charge in [-0.1, -0.05) is 29.4 Å². The lowest BCUT2D eigenvalue weighted by atomic mass is 10.1. The standard InChI is InChI=1S/C19H17ClF2N4O2S/c1-27-16-7-6-12(8-13(16)11-28-15-5-3-4-14(20)9-15)10-23-26-18(17(21)22)24-25-19(26)29-2/h3-10,17H,11H2,1-2H3/b23-10-. The Kier molecular flexibility index (Phi) is 7.05. The highest BCUT2D eigenvalue weighted by molar-refractivity contribution is 7.98. The van der Waals surface area contributed by atoms with Crippen molar-refractivity contribution in [3.05, 3.63) is 64.4 Å². The van der Waals surface area contributed by atoms with Crippen LogP contribution in [0.4, 0.5) is 8.78 Å². The summed E-state index contributed by atoms with van der Waals surface area (Å²) >= 11 is 7.15. The summed E-state index contributed by atoms with van der Waals surface area (Å²) in [5, 5.41) is 12.2. The van der Waals surface area contributed by atoms with E-state index in [1.165, 1.54) is 18.0 Å². The molecule has 1 aromatic heterocycles. The summed E-state index contributed by atoms with van der Waals surface area (Å²) in [4.78, 5) is 0. The predicted molar refractivity (Wildman–Crippen MR) is 109 cm³/mol. The van der Waals surface area contributed by atoms with Gasteiger partial charge in [0.1, 0.15) is 18.1 Å². The van der Waals surface area contributed by atoms with Crippen LogP contribution in [0.3, 0.4) is 0 Å². The van der Waals surface area contributed by atoms with Crippen molar-refractivity contribution < 1.29 is 18.3 Å². The Morgan fingerprint density at radius 1 is 1.24 bits per heavy atom. The number of rotatable bonds is 8. The number of thioether (sulfide) groups is 1. The maximum atomic E-state index is 13.1. The molecular formula is C19H17ClF2N4O2S. The van der Waals surface area contributed by atoms with Crippen LogP contribution in [0.15, 0.2) is 52.7 Å². The van der Waals surface area contributed by atoms with Crippen LogP contribution in [0.1, 0.15) is 23.4 Å². The molecule has 3 aromatic rings. The van der Waals surface area contributed by atoms with Crippen LogP contribution < -0.4 is 9.47 Å². The van der Waals surface area contributed by atoms with Gasteiger partial charge in [0.05, 0.1) is 13.3 Å². The normalized spacial score (nSPS) is 11.4. The molecule has 2 aromatic carbocycles. The first-order chi connectivity index (χ1) is 14.0. The van der Waals surface area contributed by atoms with E-state index in [9.17, 15) is 8.78 Å². The second kappa shape index (κ2) is 9.71. The minimum atomic E-state index is -2.78. The van der Waals surface area contributed by atoms with Crippen molar-refractivity contribution in [1.29, 1.82) is 0 Å². The molecule has 0 fully saturated rings. The average molecular weight is 439 g/mol. The lowest BCUT2D eigenvalue weighted by molar-refractivity contribution is 0.135. The van der Waals surface area contributed by atoms with Crippen LogP contribution in [0.5, 0.6) is 11.5 Å². The van der Waals surface area contributed by atoms with Crippen LogP contribution in [-0.2, 0) is 6.61 Å². The number of nitrogens with zero attached hydrogens (tertiary/aromatic N) is 4. The zero-order valence-electron chi connectivity index (χ0n) is 15.6. The Morgan fingerprint density at radius 2 is 2.07 bits per heavy atom. The molecule has 0 unspecified atom stereocenters. The number of halogens is 3. The molecule has 6 nitrogen and oxygen atoms in total. The number of ether oxygens (including phenoxy) is 2. The van der Waals surface area contributed by atoms with Crippen LogP contribution in [0, 0.1) is 0 Å². The van der Waals surface area contributed by atoms with Gasteiger partial charge in [-0.05, 0) is 48.2 Å². The summed E-state index contributed by atoms with van der Waals surface area (Å²) in [6.45, 7) is 0.232. The van der Waals surface area contributed by atoms with Crippen molar-refractivity contribution in [2.24, 2.45) is 5.10 Å². The predicted octanol–water partition coefficient (Wildman–Crippen LogP) is 5.06. The van der Waals surface area contributed by atoms with Gasteiger partial charge in [0.2, 0.25) is 11.0 Å². The zero-order valence-corrected chi connectivity index (χ0v) is 17.1. The Balaban J connectivity index is 1.83. The summed E-state index contributed by atoms with van der Waals surface area (Å²) in [5.41, 5.74) is 1.44. The summed E-state index contributed by atoms with van der Waals surface area (Å²) in [6.07, 6.45) is 0.388. The molecule has 0 aliphatic heterocycles. The van der Waals surface area contributed by atoms with Crippen LogP contribution in [0.25, 0.3) is 0 Å². The van der Waals surface area contributed by atoms with E-state index >= 15 is 0 Å². The van der Waals surface area contributed by atoms with E-state index in [1.807, 2.05) is 0 Å². The van der Waals surface area contributed by atoms with Gasteiger partial charge in [0.15, 0.2) is 0 Å². The SMILES string of the molecule is COc1ccc(/C=N\n2c(SC)nnc2C(F)F)cc1COc1cccc(Cl)c1. The summed E-state index contributed by atoms with van der Waals surface area (Å²) in [7, 11) is 1.56. The summed E-state index contributed by atoms with van der Waals surface area (Å²) in [5.74, 6) is 0.740. The van der Waals surface area contributed by atoms with Crippen molar-refractivity contribution >= 4 is 29.6 Å². The molecule has 0 saturated heterocycles. The third-order valence-electron chi connectivity index (χ3n) is 3.83. The maximum absolute atomic E-state index is 13.1. The van der Waals surface area contributed by atoms with Gasteiger partial charge >= 0.3 is 0 Å². The molecule has 1 heterocycles. The zero-order chi connectivity index (χ0) is 20.8. The minimum absolute atomic E-state index is 0.232. The molecule has 10 heteroatoms. The van der Waals surface area contributed by atoms with E-state index in [1.54, 1.807) is 55.8 Å². The first-order valence-electron chi connectivity index (χ1n) is 8.39. The summed E-state index contributed by atoms with van der Waals surface area (Å²) in [6, 6.07) is 12.4. The molecule has 29 heavy (non-hydrogen) atoms. The fourth-order valence-corrected chi connectivity index (χ4v) is 3.10. The third kappa shape index (κ3) is 5.24. The molecule has 0 aliphatic rings. The molecular weight excluding hydrogens is 422 g/mol. The van der Waals surface area contributed by atoms with Gasteiger partial charge in [0, 0.05) is 10.6 Å². The number of hydrogen-bond acceptors (Lipinski definition) is 6. The van der Waals surface area contributed by atoms with Gasteiger partial charge in [-0.15, -0.1) is 10.2 Å². The fraction of sp³-hybridized carbons (Fsp3) is 0.211. The Hall–Kier alpha value is -2.65. The van der Waals surface area contributed by atoms with Crippen molar-refractivity contribution in [2.45, 2.75) is 18.2 Å². The van der Waals surface area contributed by atoms with E-state index in [0.717, 1.165) is 10.2 Å². The maximum Gasteiger partial charge on any atom is 0.299 e.